The minimum Gasteiger partial charge on any atom is -0.444 e. The fourth-order valence-electron chi connectivity index (χ4n) is 6.15. The van der Waals surface area contributed by atoms with Crippen molar-refractivity contribution in [2.24, 2.45) is 5.92 Å². The Labute approximate surface area is 256 Å². The summed E-state index contributed by atoms with van der Waals surface area (Å²) in [5.74, 6) is 2.35. The van der Waals surface area contributed by atoms with Crippen molar-refractivity contribution in [3.63, 3.8) is 0 Å². The summed E-state index contributed by atoms with van der Waals surface area (Å²) in [6, 6.07) is 10.3. The van der Waals surface area contributed by atoms with E-state index in [4.69, 9.17) is 14.5 Å². The topological polar surface area (TPSA) is 99.3 Å². The van der Waals surface area contributed by atoms with Crippen LogP contribution in [0.1, 0.15) is 59.4 Å². The van der Waals surface area contributed by atoms with Crippen molar-refractivity contribution in [2.45, 2.75) is 71.9 Å². The average Bonchev–Trinajstić information content (AvgIpc) is 3.60. The van der Waals surface area contributed by atoms with Crippen molar-refractivity contribution in [3.8, 4) is 11.1 Å². The lowest BCUT2D eigenvalue weighted by Crippen LogP contribution is -2.49. The standard InChI is InChI=1S/C33H48N6O4/c1-7-24-10-12-38(21-24)30(40)34-26-9-8-23(2)27(20-26)25-18-28(37-14-16-42-17-15-37)35-29(19-25)39-13-11-33(6,22-39)36-31(41)43-32(3,4)5/h8-9,18-20,24H,7,10-17,21-22H2,1-6H3,(H,34,40)(H,36,41)/t24-,33+/m1/s1. The molecule has 0 aliphatic carbocycles. The normalized spacial score (nSPS) is 22.6. The number of aryl methyl sites for hydroxylation is 1. The third-order valence-electron chi connectivity index (χ3n) is 8.68. The van der Waals surface area contributed by atoms with Crippen LogP contribution in [-0.2, 0) is 9.47 Å². The van der Waals surface area contributed by atoms with E-state index in [0.717, 1.165) is 86.0 Å². The van der Waals surface area contributed by atoms with E-state index in [2.05, 4.69) is 65.5 Å². The van der Waals surface area contributed by atoms with Gasteiger partial charge in [0.15, 0.2) is 0 Å². The Kier molecular flexibility index (Phi) is 9.06. The van der Waals surface area contributed by atoms with Crippen molar-refractivity contribution in [1.82, 2.24) is 15.2 Å². The minimum atomic E-state index is -0.556. The van der Waals surface area contributed by atoms with Crippen molar-refractivity contribution >= 4 is 29.4 Å². The molecular formula is C33H48N6O4. The molecule has 3 saturated heterocycles. The molecule has 0 radical (unpaired) electrons. The zero-order valence-corrected chi connectivity index (χ0v) is 26.7. The largest absolute Gasteiger partial charge is 0.444 e. The summed E-state index contributed by atoms with van der Waals surface area (Å²) in [4.78, 5) is 37.2. The number of anilines is 3. The molecule has 0 spiro atoms. The van der Waals surface area contributed by atoms with Gasteiger partial charge in [0.05, 0.1) is 18.8 Å². The number of amides is 3. The van der Waals surface area contributed by atoms with Gasteiger partial charge >= 0.3 is 12.1 Å². The van der Waals surface area contributed by atoms with Crippen LogP contribution in [0.3, 0.4) is 0 Å². The molecule has 1 aromatic carbocycles. The molecule has 0 unspecified atom stereocenters. The van der Waals surface area contributed by atoms with Crippen molar-refractivity contribution in [3.05, 3.63) is 35.9 Å². The van der Waals surface area contributed by atoms with Crippen LogP contribution in [0.2, 0.25) is 0 Å². The lowest BCUT2D eigenvalue weighted by molar-refractivity contribution is 0.0473. The first kappa shape index (κ1) is 30.9. The van der Waals surface area contributed by atoms with Gasteiger partial charge in [0.1, 0.15) is 17.2 Å². The number of hydrogen-bond donors (Lipinski definition) is 2. The molecular weight excluding hydrogens is 544 g/mol. The smallest absolute Gasteiger partial charge is 0.408 e. The molecule has 0 bridgehead atoms. The molecule has 3 amide bonds. The summed E-state index contributed by atoms with van der Waals surface area (Å²) in [7, 11) is 0. The molecule has 10 heteroatoms. The van der Waals surface area contributed by atoms with Crippen LogP contribution in [0.15, 0.2) is 30.3 Å². The quantitative estimate of drug-likeness (QED) is 0.447. The molecule has 2 aromatic rings. The summed E-state index contributed by atoms with van der Waals surface area (Å²) in [6.45, 7) is 17.8. The third kappa shape index (κ3) is 7.71. The van der Waals surface area contributed by atoms with E-state index in [1.807, 2.05) is 31.7 Å². The molecule has 10 nitrogen and oxygen atoms in total. The summed E-state index contributed by atoms with van der Waals surface area (Å²) >= 11 is 0. The third-order valence-corrected chi connectivity index (χ3v) is 8.68. The van der Waals surface area contributed by atoms with Crippen LogP contribution >= 0.6 is 0 Å². The number of pyridine rings is 1. The van der Waals surface area contributed by atoms with E-state index < -0.39 is 17.2 Å². The number of nitrogens with one attached hydrogen (secondary N) is 2. The molecule has 0 saturated carbocycles. The highest BCUT2D eigenvalue weighted by molar-refractivity contribution is 5.91. The van der Waals surface area contributed by atoms with E-state index in [0.29, 0.717) is 25.7 Å². The number of aromatic nitrogens is 1. The maximum Gasteiger partial charge on any atom is 0.408 e. The molecule has 5 rings (SSSR count). The Morgan fingerprint density at radius 2 is 1.79 bits per heavy atom. The van der Waals surface area contributed by atoms with Gasteiger partial charge in [-0.3, -0.25) is 0 Å². The summed E-state index contributed by atoms with van der Waals surface area (Å²) in [6.07, 6.45) is 2.54. The van der Waals surface area contributed by atoms with Crippen LogP contribution in [0.4, 0.5) is 26.9 Å². The molecule has 4 heterocycles. The lowest BCUT2D eigenvalue weighted by atomic mass is 10.00. The second-order valence-corrected chi connectivity index (χ2v) is 13.5. The average molecular weight is 593 g/mol. The zero-order chi connectivity index (χ0) is 30.8. The van der Waals surface area contributed by atoms with E-state index in [-0.39, 0.29) is 6.03 Å². The number of carbonyl (C=O) groups excluding carboxylic acids is 2. The molecule has 3 aliphatic rings. The van der Waals surface area contributed by atoms with Gasteiger partial charge in [-0.05, 0) is 94.3 Å². The van der Waals surface area contributed by atoms with Crippen LogP contribution < -0.4 is 20.4 Å². The predicted octanol–water partition coefficient (Wildman–Crippen LogP) is 5.65. The Balaban J connectivity index is 1.41. The highest BCUT2D eigenvalue weighted by Crippen LogP contribution is 2.35. The van der Waals surface area contributed by atoms with Gasteiger partial charge in [0.2, 0.25) is 0 Å². The number of benzene rings is 1. The Hall–Kier alpha value is -3.53. The number of hydrogen-bond acceptors (Lipinski definition) is 7. The molecule has 43 heavy (non-hydrogen) atoms. The van der Waals surface area contributed by atoms with Crippen molar-refractivity contribution in [1.29, 1.82) is 0 Å². The van der Waals surface area contributed by atoms with E-state index in [9.17, 15) is 9.59 Å². The van der Waals surface area contributed by atoms with E-state index in [1.165, 1.54) is 0 Å². The first-order valence-corrected chi connectivity index (χ1v) is 15.7. The molecule has 2 atom stereocenters. The van der Waals surface area contributed by atoms with Gasteiger partial charge in [0.25, 0.3) is 0 Å². The predicted molar refractivity (Wildman–Crippen MR) is 171 cm³/mol. The minimum absolute atomic E-state index is 0.0379. The lowest BCUT2D eigenvalue weighted by Gasteiger charge is -2.31. The number of morpholine rings is 1. The van der Waals surface area contributed by atoms with Crippen LogP contribution in [0, 0.1) is 12.8 Å². The van der Waals surface area contributed by atoms with Crippen molar-refractivity contribution in [2.75, 3.05) is 67.6 Å². The maximum absolute atomic E-state index is 13.1. The van der Waals surface area contributed by atoms with Gasteiger partial charge in [0, 0.05) is 45.0 Å². The number of rotatable bonds is 6. The zero-order valence-electron chi connectivity index (χ0n) is 26.7. The second-order valence-electron chi connectivity index (χ2n) is 13.5. The molecule has 234 valence electrons. The number of urea groups is 1. The first-order valence-electron chi connectivity index (χ1n) is 15.7. The van der Waals surface area contributed by atoms with Crippen LogP contribution in [0.25, 0.3) is 11.1 Å². The molecule has 3 aliphatic heterocycles. The summed E-state index contributed by atoms with van der Waals surface area (Å²) in [5, 5.41) is 6.24. The second kappa shape index (κ2) is 12.6. The van der Waals surface area contributed by atoms with E-state index in [1.54, 1.807) is 0 Å². The number of alkyl carbamates (subject to hydrolysis) is 1. The van der Waals surface area contributed by atoms with Crippen LogP contribution in [-0.4, -0.2) is 85.6 Å². The molecule has 3 fully saturated rings. The van der Waals surface area contributed by atoms with Crippen molar-refractivity contribution < 1.29 is 19.1 Å². The molecule has 2 N–H and O–H groups in total. The first-order chi connectivity index (χ1) is 20.4. The Morgan fingerprint density at radius 1 is 1.07 bits per heavy atom. The van der Waals surface area contributed by atoms with Gasteiger partial charge in [-0.25, -0.2) is 14.6 Å². The highest BCUT2D eigenvalue weighted by Gasteiger charge is 2.37. The summed E-state index contributed by atoms with van der Waals surface area (Å²) in [5.41, 5.74) is 3.00. The fraction of sp³-hybridized carbons (Fsp3) is 0.606. The maximum atomic E-state index is 13.1. The molecule has 1 aromatic heterocycles. The highest BCUT2D eigenvalue weighted by atomic mass is 16.6. The number of carbonyl (C=O) groups is 2. The summed E-state index contributed by atoms with van der Waals surface area (Å²) < 4.78 is 11.2. The van der Waals surface area contributed by atoms with Gasteiger partial charge in [-0.15, -0.1) is 0 Å². The number of nitrogens with zero attached hydrogens (tertiary/aromatic N) is 4. The number of likely N-dealkylation sites (tertiary alicyclic amines) is 1. The van der Waals surface area contributed by atoms with Gasteiger partial charge in [-0.1, -0.05) is 19.4 Å². The SMILES string of the molecule is CC[C@@H]1CCN(C(=O)Nc2ccc(C)c(-c3cc(N4CCOCC4)nc(N4CC[C@](C)(NC(=O)OC(C)(C)C)C4)c3)c2)C1. The fourth-order valence-corrected chi connectivity index (χ4v) is 6.15. The monoisotopic (exact) mass is 592 g/mol. The van der Waals surface area contributed by atoms with Gasteiger partial charge < -0.3 is 34.8 Å². The van der Waals surface area contributed by atoms with Crippen LogP contribution in [0.5, 0.6) is 0 Å². The number of ether oxygens (including phenoxy) is 2. The van der Waals surface area contributed by atoms with Gasteiger partial charge in [-0.2, -0.15) is 0 Å². The van der Waals surface area contributed by atoms with E-state index >= 15 is 0 Å². The Morgan fingerprint density at radius 3 is 2.47 bits per heavy atom. The Bertz CT molecular complexity index is 1320.